The molecule has 1 aromatic rings. The molecule has 0 saturated carbocycles. The average molecular weight is 360 g/mol. The van der Waals surface area contributed by atoms with Crippen LogP contribution in [0.2, 0.25) is 0 Å². The molecular formula is C17H23F3N2O3. The molecule has 0 amide bonds. The SMILES string of the molecule is COC(=O)[C@@H]1C[C@@H](OC(C)(C)C)CN1c1ccc(N)c(C(F)(F)F)c1. The highest BCUT2D eigenvalue weighted by molar-refractivity contribution is 5.81. The zero-order valence-electron chi connectivity index (χ0n) is 14.7. The van der Waals surface area contributed by atoms with Crippen LogP contribution >= 0.6 is 0 Å². The Morgan fingerprint density at radius 3 is 2.44 bits per heavy atom. The zero-order valence-corrected chi connectivity index (χ0v) is 14.7. The van der Waals surface area contributed by atoms with Crippen molar-refractivity contribution in [2.75, 3.05) is 24.3 Å². The number of anilines is 2. The minimum absolute atomic E-state index is 0.261. The van der Waals surface area contributed by atoms with Crippen molar-refractivity contribution in [2.45, 2.75) is 51.1 Å². The summed E-state index contributed by atoms with van der Waals surface area (Å²) in [5.74, 6) is -0.509. The lowest BCUT2D eigenvalue weighted by molar-refractivity contribution is -0.142. The van der Waals surface area contributed by atoms with E-state index in [1.807, 2.05) is 20.8 Å². The molecule has 1 aliphatic heterocycles. The Morgan fingerprint density at radius 1 is 1.28 bits per heavy atom. The number of halogens is 3. The van der Waals surface area contributed by atoms with Crippen molar-refractivity contribution in [3.8, 4) is 0 Å². The van der Waals surface area contributed by atoms with Crippen LogP contribution in [0.1, 0.15) is 32.8 Å². The van der Waals surface area contributed by atoms with Crippen molar-refractivity contribution < 1.29 is 27.4 Å². The van der Waals surface area contributed by atoms with Crippen LogP contribution < -0.4 is 10.6 Å². The third-order valence-electron chi connectivity index (χ3n) is 3.93. The molecule has 1 heterocycles. The highest BCUT2D eigenvalue weighted by atomic mass is 19.4. The van der Waals surface area contributed by atoms with Crippen LogP contribution in [0.15, 0.2) is 18.2 Å². The maximum Gasteiger partial charge on any atom is 0.418 e. The largest absolute Gasteiger partial charge is 0.467 e. The third-order valence-corrected chi connectivity index (χ3v) is 3.93. The van der Waals surface area contributed by atoms with Crippen molar-refractivity contribution in [1.82, 2.24) is 0 Å². The molecule has 1 aliphatic rings. The summed E-state index contributed by atoms with van der Waals surface area (Å²) in [6.45, 7) is 5.94. The third kappa shape index (κ3) is 4.56. The second kappa shape index (κ2) is 6.74. The number of carbonyl (C=O) groups excluding carboxylic acids is 1. The van der Waals surface area contributed by atoms with Gasteiger partial charge in [0.1, 0.15) is 6.04 Å². The summed E-state index contributed by atoms with van der Waals surface area (Å²) < 4.78 is 50.1. The van der Waals surface area contributed by atoms with Gasteiger partial charge in [0.2, 0.25) is 0 Å². The molecule has 0 radical (unpaired) electrons. The molecule has 0 unspecified atom stereocenters. The van der Waals surface area contributed by atoms with E-state index >= 15 is 0 Å². The number of rotatable bonds is 3. The maximum atomic E-state index is 13.1. The van der Waals surface area contributed by atoms with Crippen LogP contribution in [0.25, 0.3) is 0 Å². The van der Waals surface area contributed by atoms with Crippen LogP contribution in [0.4, 0.5) is 24.5 Å². The van der Waals surface area contributed by atoms with Gasteiger partial charge in [-0.1, -0.05) is 0 Å². The lowest BCUT2D eigenvalue weighted by atomic mass is 10.1. The van der Waals surface area contributed by atoms with Crippen molar-refractivity contribution in [2.24, 2.45) is 0 Å². The van der Waals surface area contributed by atoms with E-state index in [1.54, 1.807) is 4.90 Å². The molecule has 2 rings (SSSR count). The van der Waals surface area contributed by atoms with E-state index in [-0.39, 0.29) is 24.0 Å². The van der Waals surface area contributed by atoms with Gasteiger partial charge in [-0.3, -0.25) is 0 Å². The predicted octanol–water partition coefficient (Wildman–Crippen LogP) is 3.22. The number of nitrogens with zero attached hydrogens (tertiary/aromatic N) is 1. The molecule has 0 spiro atoms. The zero-order chi connectivity index (χ0) is 19.0. The summed E-state index contributed by atoms with van der Waals surface area (Å²) in [5.41, 5.74) is 4.00. The number of hydrogen-bond donors (Lipinski definition) is 1. The Bertz CT molecular complexity index is 641. The maximum absolute atomic E-state index is 13.1. The van der Waals surface area contributed by atoms with Gasteiger partial charge < -0.3 is 20.1 Å². The standard InChI is InChI=1S/C17H23F3N2O3/c1-16(2,3)25-11-8-14(15(23)24-4)22(9-11)10-5-6-13(21)12(7-10)17(18,19)20/h5-7,11,14H,8-9,21H2,1-4H3/t11-,14+/m1/s1. The van der Waals surface area contributed by atoms with Gasteiger partial charge in [0.25, 0.3) is 0 Å². The van der Waals surface area contributed by atoms with E-state index in [0.29, 0.717) is 6.42 Å². The van der Waals surface area contributed by atoms with Gasteiger partial charge >= 0.3 is 12.1 Å². The number of nitrogens with two attached hydrogens (primary N) is 1. The second-order valence-electron chi connectivity index (χ2n) is 7.05. The quantitative estimate of drug-likeness (QED) is 0.662. The first kappa shape index (κ1) is 19.4. The van der Waals surface area contributed by atoms with Gasteiger partial charge in [-0.25, -0.2) is 4.79 Å². The number of nitrogen functional groups attached to an aromatic ring is 1. The first-order valence-corrected chi connectivity index (χ1v) is 7.91. The highest BCUT2D eigenvalue weighted by Gasteiger charge is 2.41. The first-order valence-electron chi connectivity index (χ1n) is 7.91. The van der Waals surface area contributed by atoms with E-state index in [4.69, 9.17) is 15.2 Å². The summed E-state index contributed by atoms with van der Waals surface area (Å²) in [6.07, 6.45) is -4.52. The van der Waals surface area contributed by atoms with Gasteiger partial charge in [-0.2, -0.15) is 13.2 Å². The summed E-state index contributed by atoms with van der Waals surface area (Å²) >= 11 is 0. The van der Waals surface area contributed by atoms with E-state index in [1.165, 1.54) is 19.2 Å². The number of benzene rings is 1. The van der Waals surface area contributed by atoms with E-state index in [9.17, 15) is 18.0 Å². The lowest BCUT2D eigenvalue weighted by Gasteiger charge is -2.27. The molecule has 0 bridgehead atoms. The molecule has 25 heavy (non-hydrogen) atoms. The number of methoxy groups -OCH3 is 1. The number of hydrogen-bond acceptors (Lipinski definition) is 5. The predicted molar refractivity (Wildman–Crippen MR) is 88.2 cm³/mol. The fourth-order valence-electron chi connectivity index (χ4n) is 3.00. The number of carbonyl (C=O) groups is 1. The Hall–Kier alpha value is -1.96. The molecule has 0 aromatic heterocycles. The van der Waals surface area contributed by atoms with Gasteiger partial charge in [-0.15, -0.1) is 0 Å². The summed E-state index contributed by atoms with van der Waals surface area (Å²) in [4.78, 5) is 13.7. The lowest BCUT2D eigenvalue weighted by Crippen LogP contribution is -2.37. The fraction of sp³-hybridized carbons (Fsp3) is 0.588. The Kier molecular flexibility index (Phi) is 5.22. The average Bonchev–Trinajstić information content (AvgIpc) is 2.87. The Labute approximate surface area is 144 Å². The molecule has 140 valence electrons. The topological polar surface area (TPSA) is 64.8 Å². The number of ether oxygens (including phenoxy) is 2. The molecule has 1 saturated heterocycles. The first-order chi connectivity index (χ1) is 11.4. The normalized spacial score (nSPS) is 21.5. The van der Waals surface area contributed by atoms with Crippen molar-refractivity contribution in [3.63, 3.8) is 0 Å². The minimum atomic E-state index is -4.57. The van der Waals surface area contributed by atoms with Gasteiger partial charge in [0.15, 0.2) is 0 Å². The van der Waals surface area contributed by atoms with E-state index < -0.39 is 29.4 Å². The number of esters is 1. The van der Waals surface area contributed by atoms with Crippen LogP contribution in [0.5, 0.6) is 0 Å². The molecule has 5 nitrogen and oxygen atoms in total. The smallest absolute Gasteiger partial charge is 0.418 e. The summed E-state index contributed by atoms with van der Waals surface area (Å²) in [7, 11) is 1.25. The monoisotopic (exact) mass is 360 g/mol. The molecule has 1 aromatic carbocycles. The van der Waals surface area contributed by atoms with Gasteiger partial charge in [0, 0.05) is 24.3 Å². The van der Waals surface area contributed by atoms with Crippen molar-refractivity contribution in [3.05, 3.63) is 23.8 Å². The Morgan fingerprint density at radius 2 is 1.92 bits per heavy atom. The molecule has 8 heteroatoms. The minimum Gasteiger partial charge on any atom is -0.467 e. The summed E-state index contributed by atoms with van der Waals surface area (Å²) in [5, 5.41) is 0. The second-order valence-corrected chi connectivity index (χ2v) is 7.05. The number of alkyl halides is 3. The highest BCUT2D eigenvalue weighted by Crippen LogP contribution is 2.38. The molecule has 2 atom stereocenters. The van der Waals surface area contributed by atoms with Gasteiger partial charge in [0.05, 0.1) is 24.4 Å². The van der Waals surface area contributed by atoms with Crippen LogP contribution in [-0.2, 0) is 20.4 Å². The van der Waals surface area contributed by atoms with Crippen molar-refractivity contribution >= 4 is 17.3 Å². The van der Waals surface area contributed by atoms with Crippen LogP contribution in [-0.4, -0.2) is 37.4 Å². The van der Waals surface area contributed by atoms with Crippen LogP contribution in [0.3, 0.4) is 0 Å². The van der Waals surface area contributed by atoms with Gasteiger partial charge in [-0.05, 0) is 39.0 Å². The molecule has 1 fully saturated rings. The van der Waals surface area contributed by atoms with Crippen molar-refractivity contribution in [1.29, 1.82) is 0 Å². The van der Waals surface area contributed by atoms with E-state index in [0.717, 1.165) is 6.07 Å². The molecule has 0 aliphatic carbocycles. The van der Waals surface area contributed by atoms with Crippen LogP contribution in [0, 0.1) is 0 Å². The summed E-state index contributed by atoms with van der Waals surface area (Å²) in [6, 6.07) is 2.93. The molecular weight excluding hydrogens is 337 g/mol. The fourth-order valence-corrected chi connectivity index (χ4v) is 3.00. The Balaban J connectivity index is 2.36. The van der Waals surface area contributed by atoms with E-state index in [2.05, 4.69) is 0 Å². The molecule has 2 N–H and O–H groups in total.